The first-order valence-electron chi connectivity index (χ1n) is 4.42. The van der Waals surface area contributed by atoms with Crippen molar-refractivity contribution in [2.75, 3.05) is 7.05 Å². The van der Waals surface area contributed by atoms with Crippen molar-refractivity contribution in [1.29, 1.82) is 0 Å². The second-order valence-corrected chi connectivity index (χ2v) is 4.63. The third kappa shape index (κ3) is 2.97. The van der Waals surface area contributed by atoms with E-state index in [1.54, 1.807) is 0 Å². The summed E-state index contributed by atoms with van der Waals surface area (Å²) >= 11 is 8.28. The molecule has 1 aromatic carbocycles. The summed E-state index contributed by atoms with van der Waals surface area (Å²) < 4.78 is 1.23. The van der Waals surface area contributed by atoms with Gasteiger partial charge in [-0.05, 0) is 59.8 Å². The van der Waals surface area contributed by atoms with Crippen LogP contribution in [-0.4, -0.2) is 7.05 Å². The highest BCUT2D eigenvalue weighted by molar-refractivity contribution is 14.1. The van der Waals surface area contributed by atoms with Gasteiger partial charge >= 0.3 is 0 Å². The molecule has 0 aromatic heterocycles. The van der Waals surface area contributed by atoms with E-state index in [0.717, 1.165) is 11.4 Å². The van der Waals surface area contributed by atoms with Gasteiger partial charge in [0.2, 0.25) is 0 Å². The van der Waals surface area contributed by atoms with Crippen LogP contribution < -0.4 is 5.32 Å². The van der Waals surface area contributed by atoms with Gasteiger partial charge in [0.25, 0.3) is 0 Å². The fourth-order valence-electron chi connectivity index (χ4n) is 1.35. The van der Waals surface area contributed by atoms with Crippen LogP contribution in [0.4, 0.5) is 0 Å². The molecule has 1 N–H and O–H groups in total. The van der Waals surface area contributed by atoms with Crippen LogP contribution in [0, 0.1) is 3.57 Å². The third-order valence-corrected chi connectivity index (χ3v) is 3.30. The first-order valence-corrected chi connectivity index (χ1v) is 5.87. The molecule has 0 aliphatic heterocycles. The molecule has 0 spiro atoms. The summed E-state index contributed by atoms with van der Waals surface area (Å²) in [4.78, 5) is 0. The highest BCUT2D eigenvalue weighted by Crippen LogP contribution is 2.25. The van der Waals surface area contributed by atoms with Gasteiger partial charge in [-0.1, -0.05) is 17.7 Å². The van der Waals surface area contributed by atoms with Crippen LogP contribution in [-0.2, 0) is 0 Å². The lowest BCUT2D eigenvalue weighted by Gasteiger charge is -2.16. The average molecular weight is 322 g/mol. The van der Waals surface area contributed by atoms with E-state index in [9.17, 15) is 0 Å². The largest absolute Gasteiger partial charge is 0.313 e. The van der Waals surface area contributed by atoms with Crippen LogP contribution in [0.3, 0.4) is 0 Å². The molecule has 1 nitrogen and oxygen atoms in total. The molecule has 14 heavy (non-hydrogen) atoms. The van der Waals surface area contributed by atoms with Crippen molar-refractivity contribution in [3.8, 4) is 0 Å². The molecule has 1 aromatic rings. The molecular weight excluding hydrogens is 308 g/mol. The Morgan fingerprint density at radius 2 is 2.36 bits per heavy atom. The van der Waals surface area contributed by atoms with E-state index in [2.05, 4.69) is 34.5 Å². The lowest BCUT2D eigenvalue weighted by Crippen LogP contribution is -2.16. The van der Waals surface area contributed by atoms with Gasteiger partial charge in [0, 0.05) is 14.6 Å². The first-order chi connectivity index (χ1) is 6.69. The summed E-state index contributed by atoms with van der Waals surface area (Å²) in [5.74, 6) is 0. The summed E-state index contributed by atoms with van der Waals surface area (Å²) in [6, 6.07) is 6.26. The van der Waals surface area contributed by atoms with Gasteiger partial charge in [0.05, 0.1) is 0 Å². The van der Waals surface area contributed by atoms with Gasteiger partial charge in [-0.15, -0.1) is 6.58 Å². The number of hydrogen-bond donors (Lipinski definition) is 1. The Morgan fingerprint density at radius 1 is 1.64 bits per heavy atom. The topological polar surface area (TPSA) is 12.0 Å². The molecule has 0 fully saturated rings. The molecular formula is C11H13ClIN. The Hall–Kier alpha value is -0.0600. The molecule has 3 heteroatoms. The molecule has 1 rings (SSSR count). The molecule has 0 saturated carbocycles. The molecule has 0 saturated heterocycles. The minimum Gasteiger partial charge on any atom is -0.313 e. The van der Waals surface area contributed by atoms with Crippen LogP contribution in [0.1, 0.15) is 18.0 Å². The zero-order chi connectivity index (χ0) is 10.6. The Balaban J connectivity index is 3.01. The Morgan fingerprint density at radius 3 is 2.93 bits per heavy atom. The summed E-state index contributed by atoms with van der Waals surface area (Å²) in [7, 11) is 1.95. The van der Waals surface area contributed by atoms with Gasteiger partial charge in [-0.2, -0.15) is 0 Å². The lowest BCUT2D eigenvalue weighted by atomic mass is 10.0. The Bertz CT molecular complexity index is 325. The molecule has 0 amide bonds. The monoisotopic (exact) mass is 321 g/mol. The molecule has 0 heterocycles. The molecule has 1 atom stereocenters. The van der Waals surface area contributed by atoms with Crippen LogP contribution >= 0.6 is 34.2 Å². The quantitative estimate of drug-likeness (QED) is 0.657. The molecule has 1 unspecified atom stereocenters. The van der Waals surface area contributed by atoms with Crippen molar-refractivity contribution in [2.24, 2.45) is 0 Å². The summed E-state index contributed by atoms with van der Waals surface area (Å²) in [5.41, 5.74) is 1.24. The van der Waals surface area contributed by atoms with E-state index >= 15 is 0 Å². The third-order valence-electron chi connectivity index (χ3n) is 2.08. The maximum Gasteiger partial charge on any atom is 0.0410 e. The van der Waals surface area contributed by atoms with E-state index in [1.807, 2.05) is 31.3 Å². The van der Waals surface area contributed by atoms with Crippen LogP contribution in [0.5, 0.6) is 0 Å². The maximum absolute atomic E-state index is 5.96. The molecule has 76 valence electrons. The Labute approximate surface area is 104 Å². The van der Waals surface area contributed by atoms with Crippen molar-refractivity contribution < 1.29 is 0 Å². The van der Waals surface area contributed by atoms with E-state index in [0.29, 0.717) is 6.04 Å². The second-order valence-electron chi connectivity index (χ2n) is 3.03. The highest BCUT2D eigenvalue weighted by Gasteiger charge is 2.10. The van der Waals surface area contributed by atoms with Crippen molar-refractivity contribution in [1.82, 2.24) is 5.32 Å². The van der Waals surface area contributed by atoms with E-state index in [4.69, 9.17) is 11.6 Å². The van der Waals surface area contributed by atoms with E-state index < -0.39 is 0 Å². The van der Waals surface area contributed by atoms with Crippen LogP contribution in [0.25, 0.3) is 0 Å². The fraction of sp³-hybridized carbons (Fsp3) is 0.273. The number of nitrogens with one attached hydrogen (secondary N) is 1. The number of benzene rings is 1. The normalized spacial score (nSPS) is 12.5. The number of rotatable bonds is 4. The van der Waals surface area contributed by atoms with E-state index in [1.165, 1.54) is 9.13 Å². The van der Waals surface area contributed by atoms with E-state index in [-0.39, 0.29) is 0 Å². The van der Waals surface area contributed by atoms with Crippen molar-refractivity contribution in [3.63, 3.8) is 0 Å². The van der Waals surface area contributed by atoms with Crippen LogP contribution in [0.15, 0.2) is 30.9 Å². The van der Waals surface area contributed by atoms with Gasteiger partial charge in [0.15, 0.2) is 0 Å². The minimum absolute atomic E-state index is 0.304. The van der Waals surface area contributed by atoms with Crippen molar-refractivity contribution in [3.05, 3.63) is 45.0 Å². The summed E-state index contributed by atoms with van der Waals surface area (Å²) in [6.45, 7) is 3.75. The number of hydrogen-bond acceptors (Lipinski definition) is 1. The summed E-state index contributed by atoms with van der Waals surface area (Å²) in [5, 5.41) is 4.03. The lowest BCUT2D eigenvalue weighted by molar-refractivity contribution is 0.601. The fourth-order valence-corrected chi connectivity index (χ4v) is 2.24. The molecule has 0 aliphatic rings. The smallest absolute Gasteiger partial charge is 0.0410 e. The molecule has 0 radical (unpaired) electrons. The van der Waals surface area contributed by atoms with Crippen molar-refractivity contribution >= 4 is 34.2 Å². The first kappa shape index (κ1) is 12.0. The Kier molecular flexibility index (Phi) is 4.92. The average Bonchev–Trinajstić information content (AvgIpc) is 2.18. The van der Waals surface area contributed by atoms with Gasteiger partial charge in [-0.3, -0.25) is 0 Å². The van der Waals surface area contributed by atoms with Gasteiger partial charge in [-0.25, -0.2) is 0 Å². The minimum atomic E-state index is 0.304. The second kappa shape index (κ2) is 5.73. The van der Waals surface area contributed by atoms with Crippen LogP contribution in [0.2, 0.25) is 5.02 Å². The molecule has 0 aliphatic carbocycles. The predicted molar refractivity (Wildman–Crippen MR) is 70.8 cm³/mol. The maximum atomic E-state index is 5.96. The summed E-state index contributed by atoms with van der Waals surface area (Å²) in [6.07, 6.45) is 2.82. The molecule has 0 bridgehead atoms. The standard InChI is InChI=1S/C11H13ClIN/c1-3-4-11(14-2)9-7-8(12)5-6-10(9)13/h3,5-7,11,14H,1,4H2,2H3. The SMILES string of the molecule is C=CCC(NC)c1cc(Cl)ccc1I. The zero-order valence-electron chi connectivity index (χ0n) is 8.06. The van der Waals surface area contributed by atoms with Gasteiger partial charge in [0.1, 0.15) is 0 Å². The predicted octanol–water partition coefficient (Wildman–Crippen LogP) is 3.78. The van der Waals surface area contributed by atoms with Crippen molar-refractivity contribution in [2.45, 2.75) is 12.5 Å². The highest BCUT2D eigenvalue weighted by atomic mass is 127. The van der Waals surface area contributed by atoms with Gasteiger partial charge < -0.3 is 5.32 Å². The number of halogens is 2. The zero-order valence-corrected chi connectivity index (χ0v) is 11.0.